The summed E-state index contributed by atoms with van der Waals surface area (Å²) in [4.78, 5) is 0. The van der Waals surface area contributed by atoms with Crippen molar-refractivity contribution in [2.24, 2.45) is 5.73 Å². The van der Waals surface area contributed by atoms with E-state index in [1.165, 1.54) is 0 Å². The van der Waals surface area contributed by atoms with Gasteiger partial charge in [0.05, 0.1) is 6.10 Å². The molecule has 1 atom stereocenters. The average molecular weight is 150 g/mol. The van der Waals surface area contributed by atoms with Crippen LogP contribution in [0.5, 0.6) is 0 Å². The van der Waals surface area contributed by atoms with Crippen LogP contribution in [0.2, 0.25) is 0 Å². The molecule has 2 nitrogen and oxygen atoms in total. The molecule has 3 N–H and O–H groups in total. The average Bonchev–Trinajstić information content (AvgIpc) is 2.06. The second-order valence-electron chi connectivity index (χ2n) is 2.50. The van der Waals surface area contributed by atoms with Crippen LogP contribution >= 0.6 is 0 Å². The smallest absolute Gasteiger partial charge is 0.0702 e. The third kappa shape index (κ3) is 2.70. The first-order chi connectivity index (χ1) is 5.33. The predicted molar refractivity (Wildman–Crippen MR) is 44.0 cm³/mol. The third-order valence-corrected chi connectivity index (χ3v) is 1.53. The van der Waals surface area contributed by atoms with Gasteiger partial charge in [-0.05, 0) is 18.1 Å². The van der Waals surface area contributed by atoms with E-state index in [0.717, 1.165) is 5.56 Å². The number of benzene rings is 1. The molecule has 1 rings (SSSR count). The van der Waals surface area contributed by atoms with Gasteiger partial charge in [0.25, 0.3) is 0 Å². The number of rotatable bonds is 3. The van der Waals surface area contributed by atoms with Crippen molar-refractivity contribution in [2.45, 2.75) is 12.5 Å². The van der Waals surface area contributed by atoms with Crippen LogP contribution in [0.25, 0.3) is 0 Å². The summed E-state index contributed by atoms with van der Waals surface area (Å²) in [5, 5.41) is 9.18. The molecule has 0 bridgehead atoms. The monoisotopic (exact) mass is 150 g/mol. The Morgan fingerprint density at radius 3 is 2.64 bits per heavy atom. The molecule has 0 aliphatic rings. The van der Waals surface area contributed by atoms with E-state index in [9.17, 15) is 5.11 Å². The molecule has 1 aromatic rings. The van der Waals surface area contributed by atoms with E-state index >= 15 is 0 Å². The van der Waals surface area contributed by atoms with Gasteiger partial charge in [0.1, 0.15) is 0 Å². The van der Waals surface area contributed by atoms with Crippen LogP contribution in [0.1, 0.15) is 5.56 Å². The Bertz CT molecular complexity index is 198. The maximum Gasteiger partial charge on any atom is 0.0702 e. The number of aliphatic hydroxyl groups excluding tert-OH is 1. The molecule has 0 aliphatic heterocycles. The first-order valence-electron chi connectivity index (χ1n) is 3.66. The van der Waals surface area contributed by atoms with Crippen molar-refractivity contribution in [1.82, 2.24) is 0 Å². The molecule has 2 heteroatoms. The lowest BCUT2D eigenvalue weighted by Crippen LogP contribution is -2.21. The Hall–Kier alpha value is -0.860. The fourth-order valence-electron chi connectivity index (χ4n) is 0.913. The number of hydrogen-bond donors (Lipinski definition) is 2. The Morgan fingerprint density at radius 1 is 1.45 bits per heavy atom. The zero-order valence-corrected chi connectivity index (χ0v) is 6.33. The van der Waals surface area contributed by atoms with Crippen LogP contribution in [0, 0.1) is 6.07 Å². The lowest BCUT2D eigenvalue weighted by atomic mass is 10.1. The van der Waals surface area contributed by atoms with Crippen LogP contribution in [0.15, 0.2) is 24.3 Å². The molecule has 0 spiro atoms. The highest BCUT2D eigenvalue weighted by atomic mass is 16.3. The van der Waals surface area contributed by atoms with Gasteiger partial charge < -0.3 is 10.8 Å². The van der Waals surface area contributed by atoms with Crippen LogP contribution in [-0.2, 0) is 6.42 Å². The van der Waals surface area contributed by atoms with Gasteiger partial charge in [0.2, 0.25) is 0 Å². The van der Waals surface area contributed by atoms with Gasteiger partial charge in [-0.25, -0.2) is 0 Å². The second-order valence-corrected chi connectivity index (χ2v) is 2.50. The Balaban J connectivity index is 2.51. The Labute approximate surface area is 66.7 Å². The standard InChI is InChI=1S/C9H12NO/c10-7-9(11)6-8-4-2-1-3-5-8/h2-5,9,11H,6-7,10H2. The first-order valence-corrected chi connectivity index (χ1v) is 3.66. The zero-order valence-electron chi connectivity index (χ0n) is 6.33. The normalized spacial score (nSPS) is 12.9. The van der Waals surface area contributed by atoms with E-state index < -0.39 is 6.10 Å². The molecule has 0 saturated heterocycles. The minimum Gasteiger partial charge on any atom is -0.391 e. The van der Waals surface area contributed by atoms with E-state index in [-0.39, 0.29) is 0 Å². The van der Waals surface area contributed by atoms with Gasteiger partial charge in [-0.1, -0.05) is 24.3 Å². The molecule has 0 aromatic heterocycles. The highest BCUT2D eigenvalue weighted by Gasteiger charge is 2.00. The fraction of sp³-hybridized carbons (Fsp3) is 0.333. The quantitative estimate of drug-likeness (QED) is 0.653. The molecule has 1 radical (unpaired) electrons. The molecule has 1 unspecified atom stereocenters. The van der Waals surface area contributed by atoms with Crippen molar-refractivity contribution >= 4 is 0 Å². The second kappa shape index (κ2) is 4.11. The minimum absolute atomic E-state index is 0.318. The van der Waals surface area contributed by atoms with Crippen LogP contribution < -0.4 is 5.73 Å². The summed E-state index contributed by atoms with van der Waals surface area (Å²) in [6.07, 6.45) is 0.211. The maximum absolute atomic E-state index is 9.18. The molecule has 11 heavy (non-hydrogen) atoms. The van der Waals surface area contributed by atoms with Crippen molar-refractivity contribution in [3.05, 3.63) is 35.9 Å². The molecule has 0 saturated carbocycles. The molecule has 59 valence electrons. The highest BCUT2D eigenvalue weighted by molar-refractivity contribution is 5.14. The first kappa shape index (κ1) is 8.24. The van der Waals surface area contributed by atoms with Gasteiger partial charge in [0.15, 0.2) is 0 Å². The van der Waals surface area contributed by atoms with Crippen molar-refractivity contribution in [2.75, 3.05) is 6.54 Å². The summed E-state index contributed by atoms with van der Waals surface area (Å²) >= 11 is 0. The summed E-state index contributed by atoms with van der Waals surface area (Å²) in [7, 11) is 0. The largest absolute Gasteiger partial charge is 0.391 e. The Kier molecular flexibility index (Phi) is 3.08. The lowest BCUT2D eigenvalue weighted by Gasteiger charge is -2.06. The summed E-state index contributed by atoms with van der Waals surface area (Å²) in [5.74, 6) is 0. The number of nitrogens with two attached hydrogens (primary N) is 1. The van der Waals surface area contributed by atoms with Gasteiger partial charge in [-0.3, -0.25) is 0 Å². The summed E-state index contributed by atoms with van der Waals surface area (Å²) in [6, 6.07) is 10.4. The van der Waals surface area contributed by atoms with Crippen molar-refractivity contribution in [1.29, 1.82) is 0 Å². The van der Waals surface area contributed by atoms with Crippen LogP contribution in [0.3, 0.4) is 0 Å². The maximum atomic E-state index is 9.18. The minimum atomic E-state index is -0.419. The molecule has 0 fully saturated rings. The van der Waals surface area contributed by atoms with E-state index in [0.29, 0.717) is 13.0 Å². The van der Waals surface area contributed by atoms with Crippen molar-refractivity contribution in [3.8, 4) is 0 Å². The SMILES string of the molecule is NCC(O)Cc1cc[c]cc1. The lowest BCUT2D eigenvalue weighted by molar-refractivity contribution is 0.183. The topological polar surface area (TPSA) is 46.2 Å². The van der Waals surface area contributed by atoms with Gasteiger partial charge in [0, 0.05) is 6.54 Å². The Morgan fingerprint density at radius 2 is 2.09 bits per heavy atom. The fourth-order valence-corrected chi connectivity index (χ4v) is 0.913. The van der Waals surface area contributed by atoms with Gasteiger partial charge in [-0.15, -0.1) is 0 Å². The van der Waals surface area contributed by atoms with Gasteiger partial charge in [-0.2, -0.15) is 0 Å². The van der Waals surface area contributed by atoms with E-state index in [4.69, 9.17) is 5.73 Å². The molecule has 0 amide bonds. The van der Waals surface area contributed by atoms with E-state index in [1.807, 2.05) is 24.3 Å². The van der Waals surface area contributed by atoms with Crippen LogP contribution in [-0.4, -0.2) is 17.8 Å². The third-order valence-electron chi connectivity index (χ3n) is 1.53. The van der Waals surface area contributed by atoms with Crippen molar-refractivity contribution < 1.29 is 5.11 Å². The van der Waals surface area contributed by atoms with Crippen LogP contribution in [0.4, 0.5) is 0 Å². The highest BCUT2D eigenvalue weighted by Crippen LogP contribution is 2.01. The summed E-state index contributed by atoms with van der Waals surface area (Å²) < 4.78 is 0. The van der Waals surface area contributed by atoms with E-state index in [2.05, 4.69) is 6.07 Å². The number of hydrogen-bond acceptors (Lipinski definition) is 2. The number of aliphatic hydroxyl groups is 1. The predicted octanol–water partition coefficient (Wildman–Crippen LogP) is 0.349. The molecular weight excluding hydrogens is 138 g/mol. The van der Waals surface area contributed by atoms with Crippen molar-refractivity contribution in [3.63, 3.8) is 0 Å². The summed E-state index contributed by atoms with van der Waals surface area (Å²) in [5.41, 5.74) is 6.36. The molecule has 0 heterocycles. The van der Waals surface area contributed by atoms with E-state index in [1.54, 1.807) is 0 Å². The molecule has 1 aromatic carbocycles. The van der Waals surface area contributed by atoms with Gasteiger partial charge >= 0.3 is 0 Å². The summed E-state index contributed by atoms with van der Waals surface area (Å²) in [6.45, 7) is 0.318. The zero-order chi connectivity index (χ0) is 8.10. The molecule has 0 aliphatic carbocycles. The molecular formula is C9H12NO.